The maximum atomic E-state index is 13.9. The topological polar surface area (TPSA) is 28.2 Å². The zero-order chi connectivity index (χ0) is 15.4. The minimum atomic E-state index is -0.184. The van der Waals surface area contributed by atoms with Gasteiger partial charge in [0.1, 0.15) is 5.82 Å². The number of benzene rings is 1. The van der Waals surface area contributed by atoms with Crippen molar-refractivity contribution in [1.29, 1.82) is 0 Å². The number of fused-ring (bicyclic) bond motifs is 1. The summed E-state index contributed by atoms with van der Waals surface area (Å²) in [7, 11) is 0. The van der Waals surface area contributed by atoms with E-state index in [-0.39, 0.29) is 5.82 Å². The molecule has 0 spiro atoms. The van der Waals surface area contributed by atoms with Gasteiger partial charge >= 0.3 is 0 Å². The molecule has 1 fully saturated rings. The van der Waals surface area contributed by atoms with Crippen molar-refractivity contribution >= 4 is 10.9 Å². The lowest BCUT2D eigenvalue weighted by atomic mass is 9.96. The highest BCUT2D eigenvalue weighted by molar-refractivity contribution is 5.82. The van der Waals surface area contributed by atoms with Crippen LogP contribution in [0.2, 0.25) is 0 Å². The van der Waals surface area contributed by atoms with Crippen molar-refractivity contribution in [1.82, 2.24) is 15.2 Å². The van der Waals surface area contributed by atoms with Crippen LogP contribution in [0.4, 0.5) is 4.39 Å². The summed E-state index contributed by atoms with van der Waals surface area (Å²) in [4.78, 5) is 6.85. The second-order valence-corrected chi connectivity index (χ2v) is 6.13. The van der Waals surface area contributed by atoms with E-state index in [9.17, 15) is 4.39 Å². The molecule has 1 aromatic heterocycles. The maximum absolute atomic E-state index is 13.9. The monoisotopic (exact) mass is 301 g/mol. The molecule has 2 aromatic rings. The van der Waals surface area contributed by atoms with Gasteiger partial charge in [-0.05, 0) is 68.7 Å². The van der Waals surface area contributed by atoms with Crippen molar-refractivity contribution in [2.45, 2.75) is 26.3 Å². The van der Waals surface area contributed by atoms with Gasteiger partial charge in [0.05, 0.1) is 5.52 Å². The summed E-state index contributed by atoms with van der Waals surface area (Å²) in [6.45, 7) is 7.42. The molecular formula is C18H24FN3. The van der Waals surface area contributed by atoms with E-state index in [1.54, 1.807) is 18.3 Å². The summed E-state index contributed by atoms with van der Waals surface area (Å²) in [6.07, 6.45) is 4.22. The molecule has 1 aliphatic rings. The van der Waals surface area contributed by atoms with E-state index in [4.69, 9.17) is 0 Å². The van der Waals surface area contributed by atoms with Gasteiger partial charge in [-0.1, -0.05) is 13.0 Å². The predicted octanol–water partition coefficient (Wildman–Crippen LogP) is 3.20. The van der Waals surface area contributed by atoms with Gasteiger partial charge in [0, 0.05) is 18.1 Å². The van der Waals surface area contributed by atoms with Gasteiger partial charge in [-0.2, -0.15) is 0 Å². The molecule has 1 aliphatic heterocycles. The van der Waals surface area contributed by atoms with Crippen molar-refractivity contribution in [3.05, 3.63) is 41.8 Å². The molecule has 0 saturated carbocycles. The standard InChI is InChI=1S/C18H24FN3/c1-2-20-12-14-7-10-22(11-8-14)13-15-5-6-17(19)16-4-3-9-21-18(15)16/h3-6,9,14,20H,2,7-8,10-13H2,1H3. The minimum Gasteiger partial charge on any atom is -0.317 e. The molecule has 22 heavy (non-hydrogen) atoms. The molecular weight excluding hydrogens is 277 g/mol. The van der Waals surface area contributed by atoms with Gasteiger partial charge < -0.3 is 5.32 Å². The van der Waals surface area contributed by atoms with E-state index in [1.165, 1.54) is 12.8 Å². The summed E-state index contributed by atoms with van der Waals surface area (Å²) in [5.74, 6) is 0.607. The molecule has 0 unspecified atom stereocenters. The highest BCUT2D eigenvalue weighted by atomic mass is 19.1. The molecule has 0 bridgehead atoms. The molecule has 0 radical (unpaired) electrons. The highest BCUT2D eigenvalue weighted by Gasteiger charge is 2.19. The lowest BCUT2D eigenvalue weighted by Gasteiger charge is -2.32. The van der Waals surface area contributed by atoms with Crippen LogP contribution in [0.5, 0.6) is 0 Å². The molecule has 1 aromatic carbocycles. The number of aromatic nitrogens is 1. The van der Waals surface area contributed by atoms with Crippen LogP contribution in [0.3, 0.4) is 0 Å². The second kappa shape index (κ2) is 7.16. The fraction of sp³-hybridized carbons (Fsp3) is 0.500. The van der Waals surface area contributed by atoms with Gasteiger partial charge in [-0.3, -0.25) is 9.88 Å². The smallest absolute Gasteiger partial charge is 0.132 e. The first kappa shape index (κ1) is 15.4. The Morgan fingerprint density at radius 1 is 1.27 bits per heavy atom. The van der Waals surface area contributed by atoms with Crippen LogP contribution in [-0.4, -0.2) is 36.1 Å². The van der Waals surface area contributed by atoms with E-state index in [2.05, 4.69) is 22.1 Å². The first-order chi connectivity index (χ1) is 10.8. The summed E-state index contributed by atoms with van der Waals surface area (Å²) < 4.78 is 13.9. The third kappa shape index (κ3) is 3.45. The fourth-order valence-electron chi connectivity index (χ4n) is 3.26. The Kier molecular flexibility index (Phi) is 5.01. The van der Waals surface area contributed by atoms with Crippen LogP contribution in [0.1, 0.15) is 25.3 Å². The Balaban J connectivity index is 1.66. The highest BCUT2D eigenvalue weighted by Crippen LogP contribution is 2.23. The Morgan fingerprint density at radius 3 is 2.86 bits per heavy atom. The molecule has 3 nitrogen and oxygen atoms in total. The lowest BCUT2D eigenvalue weighted by molar-refractivity contribution is 0.176. The van der Waals surface area contributed by atoms with Crippen molar-refractivity contribution in [3.63, 3.8) is 0 Å². The van der Waals surface area contributed by atoms with Crippen molar-refractivity contribution in [2.75, 3.05) is 26.2 Å². The van der Waals surface area contributed by atoms with Crippen LogP contribution in [0.15, 0.2) is 30.5 Å². The van der Waals surface area contributed by atoms with E-state index < -0.39 is 0 Å². The van der Waals surface area contributed by atoms with Crippen LogP contribution in [0.25, 0.3) is 10.9 Å². The van der Waals surface area contributed by atoms with Gasteiger partial charge in [0.25, 0.3) is 0 Å². The van der Waals surface area contributed by atoms with Gasteiger partial charge in [-0.15, -0.1) is 0 Å². The summed E-state index contributed by atoms with van der Waals surface area (Å²) in [6, 6.07) is 7.05. The summed E-state index contributed by atoms with van der Waals surface area (Å²) >= 11 is 0. The number of hydrogen-bond acceptors (Lipinski definition) is 3. The van der Waals surface area contributed by atoms with E-state index in [0.29, 0.717) is 5.39 Å². The molecule has 1 saturated heterocycles. The van der Waals surface area contributed by atoms with Crippen molar-refractivity contribution in [3.8, 4) is 0 Å². The van der Waals surface area contributed by atoms with Gasteiger partial charge in [0.15, 0.2) is 0 Å². The SMILES string of the molecule is CCNCC1CCN(Cc2ccc(F)c3cccnc23)CC1. The van der Waals surface area contributed by atoms with Gasteiger partial charge in [-0.25, -0.2) is 4.39 Å². The molecule has 118 valence electrons. The van der Waals surface area contributed by atoms with Crippen LogP contribution in [-0.2, 0) is 6.54 Å². The number of rotatable bonds is 5. The minimum absolute atomic E-state index is 0.184. The molecule has 0 aliphatic carbocycles. The Morgan fingerprint density at radius 2 is 2.09 bits per heavy atom. The Hall–Kier alpha value is -1.52. The fourth-order valence-corrected chi connectivity index (χ4v) is 3.26. The number of halogens is 1. The average Bonchev–Trinajstić information content (AvgIpc) is 2.57. The van der Waals surface area contributed by atoms with E-state index in [0.717, 1.165) is 49.7 Å². The quantitative estimate of drug-likeness (QED) is 0.919. The van der Waals surface area contributed by atoms with Gasteiger partial charge in [0.2, 0.25) is 0 Å². The number of piperidine rings is 1. The molecule has 0 amide bonds. The van der Waals surface area contributed by atoms with E-state index >= 15 is 0 Å². The first-order valence-corrected chi connectivity index (χ1v) is 8.23. The normalized spacial score (nSPS) is 17.2. The third-order valence-corrected chi connectivity index (χ3v) is 4.58. The zero-order valence-electron chi connectivity index (χ0n) is 13.2. The lowest BCUT2D eigenvalue weighted by Crippen LogP contribution is -2.36. The Bertz CT molecular complexity index is 621. The van der Waals surface area contributed by atoms with Crippen molar-refractivity contribution in [2.24, 2.45) is 5.92 Å². The summed E-state index contributed by atoms with van der Waals surface area (Å²) in [5, 5.41) is 4.07. The van der Waals surface area contributed by atoms with Crippen LogP contribution < -0.4 is 5.32 Å². The average molecular weight is 301 g/mol. The summed E-state index contributed by atoms with van der Waals surface area (Å²) in [5.41, 5.74) is 1.93. The second-order valence-electron chi connectivity index (χ2n) is 6.13. The third-order valence-electron chi connectivity index (χ3n) is 4.58. The Labute approximate surface area is 131 Å². The zero-order valence-corrected chi connectivity index (χ0v) is 13.2. The number of likely N-dealkylation sites (tertiary alicyclic amines) is 1. The number of nitrogens with one attached hydrogen (secondary N) is 1. The van der Waals surface area contributed by atoms with Crippen LogP contribution in [0, 0.1) is 11.7 Å². The molecule has 0 atom stereocenters. The molecule has 2 heterocycles. The first-order valence-electron chi connectivity index (χ1n) is 8.23. The predicted molar refractivity (Wildman–Crippen MR) is 88.2 cm³/mol. The molecule has 3 rings (SSSR count). The number of nitrogens with zero attached hydrogens (tertiary/aromatic N) is 2. The maximum Gasteiger partial charge on any atom is 0.132 e. The van der Waals surface area contributed by atoms with E-state index in [1.807, 2.05) is 12.1 Å². The largest absolute Gasteiger partial charge is 0.317 e. The molecule has 1 N–H and O–H groups in total. The van der Waals surface area contributed by atoms with Crippen LogP contribution >= 0.6 is 0 Å². The molecule has 4 heteroatoms. The number of pyridine rings is 1. The number of hydrogen-bond donors (Lipinski definition) is 1. The van der Waals surface area contributed by atoms with Crippen molar-refractivity contribution < 1.29 is 4.39 Å².